The molecule has 0 aromatic carbocycles. The molecule has 2 aromatic rings. The molecule has 0 atom stereocenters. The maximum Gasteiger partial charge on any atom is 0.141 e. The summed E-state index contributed by atoms with van der Waals surface area (Å²) in [4.78, 5) is 21.0. The van der Waals surface area contributed by atoms with Crippen LogP contribution in [0.15, 0.2) is 80.4 Å². The maximum atomic E-state index is 4.76. The fourth-order valence-corrected chi connectivity index (χ4v) is 5.07. The van der Waals surface area contributed by atoms with Gasteiger partial charge >= 0.3 is 0 Å². The van der Waals surface area contributed by atoms with E-state index in [1.54, 1.807) is 18.1 Å². The Balaban J connectivity index is 2.19. The fourth-order valence-electron chi connectivity index (χ4n) is 5.07. The highest BCUT2D eigenvalue weighted by Gasteiger charge is 2.19. The van der Waals surface area contributed by atoms with Crippen molar-refractivity contribution in [1.82, 2.24) is 20.3 Å². The summed E-state index contributed by atoms with van der Waals surface area (Å²) in [6.07, 6.45) is 18.2. The van der Waals surface area contributed by atoms with Crippen LogP contribution in [-0.4, -0.2) is 48.0 Å². The van der Waals surface area contributed by atoms with Gasteiger partial charge in [-0.25, -0.2) is 9.97 Å². The van der Waals surface area contributed by atoms with Crippen molar-refractivity contribution in [2.45, 2.75) is 66.2 Å². The number of H-pyrrole nitrogens is 1. The lowest BCUT2D eigenvalue weighted by atomic mass is 9.84. The lowest BCUT2D eigenvalue weighted by Crippen LogP contribution is -2.15. The Bertz CT molecular complexity index is 1270. The smallest absolute Gasteiger partial charge is 0.141 e. The van der Waals surface area contributed by atoms with Crippen molar-refractivity contribution >= 4 is 29.5 Å². The normalized spacial score (nSPS) is 16.0. The van der Waals surface area contributed by atoms with E-state index < -0.39 is 0 Å². The second-order valence-corrected chi connectivity index (χ2v) is 9.31. The second kappa shape index (κ2) is 14.4. The number of nitrogens with zero attached hydrogens (tertiary/aromatic N) is 4. The van der Waals surface area contributed by atoms with Crippen LogP contribution in [0.3, 0.4) is 0 Å². The zero-order valence-corrected chi connectivity index (χ0v) is 23.2. The summed E-state index contributed by atoms with van der Waals surface area (Å²) in [7, 11) is 2.01. The summed E-state index contributed by atoms with van der Waals surface area (Å²) >= 11 is 0. The third kappa shape index (κ3) is 7.10. The van der Waals surface area contributed by atoms with Gasteiger partial charge in [-0.3, -0.25) is 9.98 Å². The summed E-state index contributed by atoms with van der Waals surface area (Å²) in [5.41, 5.74) is 11.2. The molecule has 2 aromatic heterocycles. The van der Waals surface area contributed by atoms with Crippen LogP contribution in [-0.2, 0) is 0 Å². The van der Waals surface area contributed by atoms with Gasteiger partial charge in [0, 0.05) is 37.1 Å². The van der Waals surface area contributed by atoms with E-state index >= 15 is 0 Å². The summed E-state index contributed by atoms with van der Waals surface area (Å²) in [5.74, 6) is 0. The van der Waals surface area contributed by atoms with Gasteiger partial charge in [0.15, 0.2) is 0 Å². The summed E-state index contributed by atoms with van der Waals surface area (Å²) in [6, 6.07) is 2.07. The van der Waals surface area contributed by atoms with E-state index in [0.29, 0.717) is 6.54 Å². The van der Waals surface area contributed by atoms with Crippen LogP contribution < -0.4 is 5.32 Å². The molecule has 0 fully saturated rings. The zero-order chi connectivity index (χ0) is 26.6. The van der Waals surface area contributed by atoms with Gasteiger partial charge in [-0.15, -0.1) is 0 Å². The molecule has 37 heavy (non-hydrogen) atoms. The predicted molar refractivity (Wildman–Crippen MR) is 159 cm³/mol. The van der Waals surface area contributed by atoms with Crippen molar-refractivity contribution in [1.29, 1.82) is 0 Å². The standard InChI is InChI=1S/C31H42N6/c1-7-23-11-10-12-24(8-2)28(23)17-25(13-15-34-19-22(4)18-32-5)29(20-33-6)26(9-3)30-27-14-16-35-31(27)37-21-36-30/h11,14,16-19,21,33H,5,7-10,12-13,15,20H2,1-4,6H3,(H,35,36,37)/b22-18-,25-17-,29-26+,34-19-. The molecule has 0 spiro atoms. The number of hydrogen-bond acceptors (Lipinski definition) is 5. The molecule has 0 bridgehead atoms. The number of aliphatic imine (C=N–C) groups is 2. The number of likely N-dealkylation sites (N-methyl/N-ethyl adjacent to an activating group) is 1. The van der Waals surface area contributed by atoms with E-state index in [1.165, 1.54) is 27.9 Å². The highest BCUT2D eigenvalue weighted by molar-refractivity contribution is 5.90. The van der Waals surface area contributed by atoms with Gasteiger partial charge < -0.3 is 10.3 Å². The van der Waals surface area contributed by atoms with Crippen molar-refractivity contribution in [3.8, 4) is 0 Å². The van der Waals surface area contributed by atoms with Crippen LogP contribution in [0.25, 0.3) is 16.6 Å². The van der Waals surface area contributed by atoms with Gasteiger partial charge in [-0.1, -0.05) is 38.5 Å². The molecule has 6 heteroatoms. The Hall–Kier alpha value is -3.38. The molecule has 0 unspecified atom stereocenters. The molecular weight excluding hydrogens is 456 g/mol. The molecule has 2 N–H and O–H groups in total. The minimum Gasteiger partial charge on any atom is -0.346 e. The number of rotatable bonds is 13. The first-order valence-corrected chi connectivity index (χ1v) is 13.5. The van der Waals surface area contributed by atoms with E-state index in [-0.39, 0.29) is 0 Å². The number of hydrogen-bond donors (Lipinski definition) is 2. The Kier molecular flexibility index (Phi) is 11.0. The van der Waals surface area contributed by atoms with E-state index in [4.69, 9.17) is 9.98 Å². The van der Waals surface area contributed by atoms with Crippen molar-refractivity contribution < 1.29 is 0 Å². The van der Waals surface area contributed by atoms with Gasteiger partial charge in [0.25, 0.3) is 0 Å². The molecule has 6 nitrogen and oxygen atoms in total. The lowest BCUT2D eigenvalue weighted by molar-refractivity contribution is 0.841. The molecule has 0 saturated heterocycles. The minimum atomic E-state index is 0.696. The molecular formula is C31H42N6. The third-order valence-corrected chi connectivity index (χ3v) is 6.89. The van der Waals surface area contributed by atoms with Crippen molar-refractivity contribution in [2.24, 2.45) is 9.98 Å². The Morgan fingerprint density at radius 3 is 2.76 bits per heavy atom. The molecule has 0 amide bonds. The largest absolute Gasteiger partial charge is 0.346 e. The van der Waals surface area contributed by atoms with Crippen molar-refractivity contribution in [3.63, 3.8) is 0 Å². The number of aromatic nitrogens is 3. The molecule has 1 aliphatic rings. The Morgan fingerprint density at radius 1 is 1.22 bits per heavy atom. The molecule has 1 aliphatic carbocycles. The monoisotopic (exact) mass is 498 g/mol. The van der Waals surface area contributed by atoms with Crippen LogP contribution >= 0.6 is 0 Å². The third-order valence-electron chi connectivity index (χ3n) is 6.89. The van der Waals surface area contributed by atoms with Gasteiger partial charge in [0.1, 0.15) is 12.0 Å². The van der Waals surface area contributed by atoms with Crippen molar-refractivity contribution in [3.05, 3.63) is 76.1 Å². The lowest BCUT2D eigenvalue weighted by Gasteiger charge is -2.22. The number of fused-ring (bicyclic) bond motifs is 1. The number of allylic oxidation sites excluding steroid dienone is 7. The van der Waals surface area contributed by atoms with Crippen LogP contribution in [0.1, 0.15) is 71.9 Å². The highest BCUT2D eigenvalue weighted by Crippen LogP contribution is 2.35. The van der Waals surface area contributed by atoms with E-state index in [2.05, 4.69) is 66.0 Å². The predicted octanol–water partition coefficient (Wildman–Crippen LogP) is 7.17. The van der Waals surface area contributed by atoms with E-state index in [0.717, 1.165) is 67.4 Å². The minimum absolute atomic E-state index is 0.696. The average molecular weight is 499 g/mol. The average Bonchev–Trinajstić information content (AvgIpc) is 3.40. The first-order chi connectivity index (χ1) is 18.1. The van der Waals surface area contributed by atoms with Crippen LogP contribution in [0, 0.1) is 0 Å². The Labute approximate surface area is 222 Å². The van der Waals surface area contributed by atoms with Gasteiger partial charge in [-0.05, 0) is 98.7 Å². The van der Waals surface area contributed by atoms with Gasteiger partial charge in [0.05, 0.1) is 5.69 Å². The van der Waals surface area contributed by atoms with Gasteiger partial charge in [-0.2, -0.15) is 0 Å². The zero-order valence-electron chi connectivity index (χ0n) is 23.2. The topological polar surface area (TPSA) is 78.3 Å². The second-order valence-electron chi connectivity index (χ2n) is 9.31. The van der Waals surface area contributed by atoms with Gasteiger partial charge in [0.2, 0.25) is 0 Å². The van der Waals surface area contributed by atoms with Crippen molar-refractivity contribution in [2.75, 3.05) is 20.1 Å². The molecule has 0 saturated carbocycles. The Morgan fingerprint density at radius 2 is 2.05 bits per heavy atom. The fraction of sp³-hybridized carbons (Fsp3) is 0.419. The molecule has 196 valence electrons. The first-order valence-electron chi connectivity index (χ1n) is 13.5. The summed E-state index contributed by atoms with van der Waals surface area (Å²) in [6.45, 7) is 13.7. The SMILES string of the molecule is C=N/C=C(C)\C=N/CCC(=C/C1=C(CC)CCC=C1CC)/C(CNC)=C(\CC)c1ncnc2[nH]ccc12. The highest BCUT2D eigenvalue weighted by atomic mass is 14.9. The molecule has 0 aliphatic heterocycles. The quantitative estimate of drug-likeness (QED) is 0.227. The van der Waals surface area contributed by atoms with Crippen LogP contribution in [0.5, 0.6) is 0 Å². The first kappa shape index (κ1) is 28.2. The summed E-state index contributed by atoms with van der Waals surface area (Å²) < 4.78 is 0. The van der Waals surface area contributed by atoms with E-state index in [9.17, 15) is 0 Å². The molecule has 3 rings (SSSR count). The number of aromatic amines is 1. The number of nitrogens with one attached hydrogen (secondary N) is 2. The maximum absolute atomic E-state index is 4.76. The summed E-state index contributed by atoms with van der Waals surface area (Å²) in [5, 5.41) is 4.50. The van der Waals surface area contributed by atoms with Crippen LogP contribution in [0.2, 0.25) is 0 Å². The molecule has 0 radical (unpaired) electrons. The van der Waals surface area contributed by atoms with E-state index in [1.807, 2.05) is 26.4 Å². The molecule has 2 heterocycles. The van der Waals surface area contributed by atoms with Crippen LogP contribution in [0.4, 0.5) is 0 Å².